The largest absolute Gasteiger partial charge is 0.303 e. The van der Waals surface area contributed by atoms with Gasteiger partial charge in [0.2, 0.25) is 0 Å². The zero-order chi connectivity index (χ0) is 27.8. The molecule has 0 radical (unpaired) electrons. The van der Waals surface area contributed by atoms with E-state index in [-0.39, 0.29) is 11.7 Å². The summed E-state index contributed by atoms with van der Waals surface area (Å²) in [4.78, 5) is 23.8. The Kier molecular flexibility index (Phi) is 30.6. The summed E-state index contributed by atoms with van der Waals surface area (Å²) in [6, 6.07) is 0. The number of allylic oxidation sites excluding steroid dienone is 6. The molecule has 0 aromatic rings. The lowest BCUT2D eigenvalue weighted by atomic mass is 9.94. The molecule has 0 heterocycles. The van der Waals surface area contributed by atoms with Crippen molar-refractivity contribution in [1.29, 1.82) is 0 Å². The third kappa shape index (κ3) is 27.6. The first-order chi connectivity index (χ1) is 18.8. The fraction of sp³-hybridized carbons (Fsp3) is 0.778. The summed E-state index contributed by atoms with van der Waals surface area (Å²) in [5, 5.41) is 0. The maximum Gasteiger partial charge on any atom is 0.143 e. The van der Waals surface area contributed by atoms with Gasteiger partial charge in [-0.05, 0) is 70.6 Å². The molecule has 2 nitrogen and oxygen atoms in total. The fourth-order valence-corrected chi connectivity index (χ4v) is 4.86. The van der Waals surface area contributed by atoms with E-state index in [1.165, 1.54) is 109 Å². The Labute approximate surface area is 238 Å². The Hall–Kier alpha value is -1.44. The first kappa shape index (κ1) is 36.6. The summed E-state index contributed by atoms with van der Waals surface area (Å²) in [7, 11) is 0. The second-order valence-electron chi connectivity index (χ2n) is 11.2. The molecule has 0 saturated heterocycles. The molecule has 0 bridgehead atoms. The van der Waals surface area contributed by atoms with E-state index >= 15 is 0 Å². The second-order valence-corrected chi connectivity index (χ2v) is 11.2. The minimum Gasteiger partial charge on any atom is -0.303 e. The molecule has 220 valence electrons. The SMILES string of the molecule is CCCCC/C=C\C/C=C\CCCCCCCC(=O)C(C=O)CCCCCC/C=C\CCCCCCCC. The molecule has 1 unspecified atom stereocenters. The molecule has 2 heteroatoms. The fourth-order valence-electron chi connectivity index (χ4n) is 4.86. The number of ketones is 1. The summed E-state index contributed by atoms with van der Waals surface area (Å²) in [5.74, 6) is -0.193. The summed E-state index contributed by atoms with van der Waals surface area (Å²) >= 11 is 0. The van der Waals surface area contributed by atoms with Crippen molar-refractivity contribution in [2.24, 2.45) is 5.92 Å². The lowest BCUT2D eigenvalue weighted by Crippen LogP contribution is -2.15. The molecule has 1 atom stereocenters. The molecular formula is C36H64O2. The van der Waals surface area contributed by atoms with Gasteiger partial charge in [-0.1, -0.05) is 134 Å². The van der Waals surface area contributed by atoms with Crippen LogP contribution in [0.5, 0.6) is 0 Å². The van der Waals surface area contributed by atoms with Crippen LogP contribution in [0.1, 0.15) is 174 Å². The topological polar surface area (TPSA) is 34.1 Å². The van der Waals surface area contributed by atoms with Crippen molar-refractivity contribution < 1.29 is 9.59 Å². The van der Waals surface area contributed by atoms with E-state index < -0.39 is 0 Å². The normalized spacial score (nSPS) is 12.8. The maximum atomic E-state index is 12.4. The highest BCUT2D eigenvalue weighted by molar-refractivity contribution is 5.93. The molecule has 0 aliphatic rings. The third-order valence-corrected chi connectivity index (χ3v) is 7.48. The van der Waals surface area contributed by atoms with Gasteiger partial charge in [-0.3, -0.25) is 4.79 Å². The van der Waals surface area contributed by atoms with Crippen LogP contribution in [-0.4, -0.2) is 12.1 Å². The average Bonchev–Trinajstić information content (AvgIpc) is 2.93. The van der Waals surface area contributed by atoms with Crippen molar-refractivity contribution in [3.8, 4) is 0 Å². The van der Waals surface area contributed by atoms with Crippen molar-refractivity contribution >= 4 is 12.1 Å². The standard InChI is InChI=1S/C36H64O2/c1-3-5-7-9-11-13-15-17-19-21-23-25-27-29-31-33-36(38)35(34-37)32-30-28-26-24-22-20-18-16-14-12-10-8-6-4-2/h11,13,17-20,34-35H,3-10,12,14-16,21-33H2,1-2H3/b13-11-,19-17-,20-18-. The number of unbranched alkanes of at least 4 members (excludes halogenated alkanes) is 18. The molecule has 0 spiro atoms. The minimum absolute atomic E-state index is 0.170. The number of aldehydes is 1. The monoisotopic (exact) mass is 528 g/mol. The van der Waals surface area contributed by atoms with Gasteiger partial charge in [-0.25, -0.2) is 0 Å². The van der Waals surface area contributed by atoms with E-state index in [0.717, 1.165) is 51.2 Å². The Balaban J connectivity index is 3.55. The summed E-state index contributed by atoms with van der Waals surface area (Å²) in [6.07, 6.45) is 44.3. The van der Waals surface area contributed by atoms with Crippen molar-refractivity contribution in [2.45, 2.75) is 174 Å². The number of carbonyl (C=O) groups excluding carboxylic acids is 2. The van der Waals surface area contributed by atoms with Crippen LogP contribution in [0.25, 0.3) is 0 Å². The Morgan fingerprint density at radius 3 is 1.42 bits per heavy atom. The molecule has 0 aromatic heterocycles. The van der Waals surface area contributed by atoms with Crippen LogP contribution in [0.4, 0.5) is 0 Å². The van der Waals surface area contributed by atoms with Gasteiger partial charge in [0.25, 0.3) is 0 Å². The zero-order valence-electron chi connectivity index (χ0n) is 25.6. The lowest BCUT2D eigenvalue weighted by molar-refractivity contribution is -0.127. The number of hydrogen-bond donors (Lipinski definition) is 0. The third-order valence-electron chi connectivity index (χ3n) is 7.48. The van der Waals surface area contributed by atoms with Gasteiger partial charge in [0.05, 0.1) is 5.92 Å². The van der Waals surface area contributed by atoms with E-state index in [0.29, 0.717) is 6.42 Å². The number of carbonyl (C=O) groups is 2. The van der Waals surface area contributed by atoms with Crippen LogP contribution in [0.15, 0.2) is 36.5 Å². The highest BCUT2D eigenvalue weighted by Gasteiger charge is 2.16. The minimum atomic E-state index is -0.363. The van der Waals surface area contributed by atoms with Crippen LogP contribution in [0.2, 0.25) is 0 Å². The molecule has 0 N–H and O–H groups in total. The first-order valence-corrected chi connectivity index (χ1v) is 16.7. The second kappa shape index (κ2) is 31.8. The van der Waals surface area contributed by atoms with Crippen LogP contribution in [-0.2, 0) is 9.59 Å². The first-order valence-electron chi connectivity index (χ1n) is 16.7. The van der Waals surface area contributed by atoms with Gasteiger partial charge in [0.1, 0.15) is 12.1 Å². The van der Waals surface area contributed by atoms with Gasteiger partial charge >= 0.3 is 0 Å². The molecule has 0 amide bonds. The van der Waals surface area contributed by atoms with Crippen molar-refractivity contribution in [1.82, 2.24) is 0 Å². The number of hydrogen-bond acceptors (Lipinski definition) is 2. The predicted octanol–water partition coefficient (Wildman–Crippen LogP) is 11.8. The van der Waals surface area contributed by atoms with Crippen LogP contribution in [0, 0.1) is 5.92 Å². The highest BCUT2D eigenvalue weighted by atomic mass is 16.1. The van der Waals surface area contributed by atoms with E-state index in [1.54, 1.807) is 0 Å². The van der Waals surface area contributed by atoms with Gasteiger partial charge in [-0.15, -0.1) is 0 Å². The van der Waals surface area contributed by atoms with Crippen LogP contribution >= 0.6 is 0 Å². The molecule has 38 heavy (non-hydrogen) atoms. The Bertz CT molecular complexity index is 586. The molecule has 0 aliphatic heterocycles. The van der Waals surface area contributed by atoms with E-state index in [1.807, 2.05) is 0 Å². The maximum absolute atomic E-state index is 12.4. The van der Waals surface area contributed by atoms with Crippen molar-refractivity contribution in [3.05, 3.63) is 36.5 Å². The molecule has 0 fully saturated rings. The quantitative estimate of drug-likeness (QED) is 0.0402. The molecule has 0 saturated carbocycles. The van der Waals surface area contributed by atoms with Gasteiger partial charge in [0.15, 0.2) is 0 Å². The smallest absolute Gasteiger partial charge is 0.143 e. The van der Waals surface area contributed by atoms with Gasteiger partial charge in [0, 0.05) is 6.42 Å². The molecule has 0 rings (SSSR count). The van der Waals surface area contributed by atoms with Crippen LogP contribution in [0.3, 0.4) is 0 Å². The molecular weight excluding hydrogens is 464 g/mol. The van der Waals surface area contributed by atoms with Gasteiger partial charge < -0.3 is 4.79 Å². The Morgan fingerprint density at radius 2 is 0.895 bits per heavy atom. The van der Waals surface area contributed by atoms with Gasteiger partial charge in [-0.2, -0.15) is 0 Å². The lowest BCUT2D eigenvalue weighted by Gasteiger charge is -2.09. The summed E-state index contributed by atoms with van der Waals surface area (Å²) < 4.78 is 0. The van der Waals surface area contributed by atoms with Crippen molar-refractivity contribution in [3.63, 3.8) is 0 Å². The predicted molar refractivity (Wildman–Crippen MR) is 169 cm³/mol. The zero-order valence-corrected chi connectivity index (χ0v) is 25.6. The van der Waals surface area contributed by atoms with Crippen molar-refractivity contribution in [2.75, 3.05) is 0 Å². The highest BCUT2D eigenvalue weighted by Crippen LogP contribution is 2.16. The number of rotatable bonds is 30. The molecule has 0 aliphatic carbocycles. The Morgan fingerprint density at radius 1 is 0.500 bits per heavy atom. The average molecular weight is 529 g/mol. The van der Waals surface area contributed by atoms with E-state index in [2.05, 4.69) is 50.3 Å². The van der Waals surface area contributed by atoms with E-state index in [4.69, 9.17) is 0 Å². The number of Topliss-reactive ketones (excluding diaryl/α,β-unsaturated/α-hetero) is 1. The summed E-state index contributed by atoms with van der Waals surface area (Å²) in [5.41, 5.74) is 0. The van der Waals surface area contributed by atoms with E-state index in [9.17, 15) is 9.59 Å². The van der Waals surface area contributed by atoms with Crippen LogP contribution < -0.4 is 0 Å². The molecule has 0 aromatic carbocycles. The summed E-state index contributed by atoms with van der Waals surface area (Å²) in [6.45, 7) is 4.51.